The molecule has 0 saturated carbocycles. The summed E-state index contributed by atoms with van der Waals surface area (Å²) < 4.78 is 5.45. The predicted molar refractivity (Wildman–Crippen MR) is 66.9 cm³/mol. The summed E-state index contributed by atoms with van der Waals surface area (Å²) in [7, 11) is 1.75. The van der Waals surface area contributed by atoms with Gasteiger partial charge in [0.15, 0.2) is 0 Å². The smallest absolute Gasteiger partial charge is 0.123 e. The summed E-state index contributed by atoms with van der Waals surface area (Å²) >= 11 is 0. The fraction of sp³-hybridized carbons (Fsp3) is 0.571. The highest BCUT2D eigenvalue weighted by molar-refractivity contribution is 5.39. The van der Waals surface area contributed by atoms with Crippen LogP contribution < -0.4 is 10.1 Å². The van der Waals surface area contributed by atoms with E-state index in [1.807, 2.05) is 0 Å². The number of hydrogen-bond donors (Lipinski definition) is 1. The lowest BCUT2D eigenvalue weighted by atomic mass is 9.99. The molecule has 16 heavy (non-hydrogen) atoms. The molecular formula is C14H21NO. The molecule has 2 nitrogen and oxygen atoms in total. The highest BCUT2D eigenvalue weighted by atomic mass is 16.5. The van der Waals surface area contributed by atoms with Gasteiger partial charge in [-0.05, 0) is 32.4 Å². The number of aryl methyl sites for hydroxylation is 1. The van der Waals surface area contributed by atoms with E-state index < -0.39 is 0 Å². The Balaban J connectivity index is 2.25. The quantitative estimate of drug-likeness (QED) is 0.824. The number of methoxy groups -OCH3 is 1. The molecule has 88 valence electrons. The molecule has 0 amide bonds. The van der Waals surface area contributed by atoms with Gasteiger partial charge < -0.3 is 10.1 Å². The van der Waals surface area contributed by atoms with Crippen LogP contribution in [0.3, 0.4) is 0 Å². The van der Waals surface area contributed by atoms with Crippen LogP contribution in [0.15, 0.2) is 18.2 Å². The first-order chi connectivity index (χ1) is 7.81. The first kappa shape index (κ1) is 11.5. The summed E-state index contributed by atoms with van der Waals surface area (Å²) in [6.07, 6.45) is 5.18. The van der Waals surface area contributed by atoms with Crippen LogP contribution in [0.4, 0.5) is 0 Å². The van der Waals surface area contributed by atoms with E-state index in [0.717, 1.165) is 12.3 Å². The molecule has 0 bridgehead atoms. The molecule has 1 aliphatic heterocycles. The van der Waals surface area contributed by atoms with Gasteiger partial charge in [0.2, 0.25) is 0 Å². The summed E-state index contributed by atoms with van der Waals surface area (Å²) in [4.78, 5) is 0. The first-order valence-electron chi connectivity index (χ1n) is 6.19. The van der Waals surface area contributed by atoms with Gasteiger partial charge in [0, 0.05) is 11.6 Å². The predicted octanol–water partition coefficient (Wildman–Crippen LogP) is 3.21. The largest absolute Gasteiger partial charge is 0.496 e. The number of nitrogens with one attached hydrogen (secondary N) is 1. The van der Waals surface area contributed by atoms with Crippen LogP contribution in [0.1, 0.15) is 42.9 Å². The molecule has 2 rings (SSSR count). The Labute approximate surface area is 98.0 Å². The normalized spacial score (nSPS) is 21.5. The number of ether oxygens (including phenoxy) is 1. The van der Waals surface area contributed by atoms with Gasteiger partial charge in [-0.15, -0.1) is 0 Å². The van der Waals surface area contributed by atoms with E-state index in [1.54, 1.807) is 7.11 Å². The van der Waals surface area contributed by atoms with Crippen molar-refractivity contribution in [3.8, 4) is 5.75 Å². The van der Waals surface area contributed by atoms with Gasteiger partial charge in [-0.1, -0.05) is 30.5 Å². The standard InChI is InChI=1S/C14H21NO/c1-11-7-8-14(16-2)12(10-11)13-6-4-3-5-9-15-13/h7-8,10,13,15H,3-6,9H2,1-2H3. The average Bonchev–Trinajstić information content (AvgIpc) is 2.57. The molecule has 0 radical (unpaired) electrons. The molecule has 1 unspecified atom stereocenters. The van der Waals surface area contributed by atoms with Crippen molar-refractivity contribution in [2.45, 2.75) is 38.6 Å². The molecule has 0 spiro atoms. The van der Waals surface area contributed by atoms with Gasteiger partial charge in [-0.3, -0.25) is 0 Å². The molecule has 1 N–H and O–H groups in total. The second-order valence-electron chi connectivity index (χ2n) is 4.60. The van der Waals surface area contributed by atoms with Crippen molar-refractivity contribution in [2.75, 3.05) is 13.7 Å². The third-order valence-corrected chi connectivity index (χ3v) is 3.32. The topological polar surface area (TPSA) is 21.3 Å². The zero-order valence-electron chi connectivity index (χ0n) is 10.3. The molecule has 1 aromatic carbocycles. The fourth-order valence-electron chi connectivity index (χ4n) is 2.42. The van der Waals surface area contributed by atoms with Crippen LogP contribution in [0.5, 0.6) is 5.75 Å². The Hall–Kier alpha value is -1.02. The average molecular weight is 219 g/mol. The summed E-state index contributed by atoms with van der Waals surface area (Å²) in [5.41, 5.74) is 2.63. The SMILES string of the molecule is COc1ccc(C)cc1C1CCCCCN1. The molecule has 1 heterocycles. The van der Waals surface area contributed by atoms with Crippen molar-refractivity contribution in [1.29, 1.82) is 0 Å². The second-order valence-corrected chi connectivity index (χ2v) is 4.60. The zero-order valence-corrected chi connectivity index (χ0v) is 10.3. The van der Waals surface area contributed by atoms with Crippen molar-refractivity contribution in [3.05, 3.63) is 29.3 Å². The van der Waals surface area contributed by atoms with Gasteiger partial charge in [0.25, 0.3) is 0 Å². The van der Waals surface area contributed by atoms with Gasteiger partial charge >= 0.3 is 0 Å². The highest BCUT2D eigenvalue weighted by Gasteiger charge is 2.17. The molecule has 1 fully saturated rings. The molecule has 1 aliphatic rings. The Kier molecular flexibility index (Phi) is 3.83. The van der Waals surface area contributed by atoms with Gasteiger partial charge in [-0.2, -0.15) is 0 Å². The van der Waals surface area contributed by atoms with Gasteiger partial charge in [-0.25, -0.2) is 0 Å². The van der Waals surface area contributed by atoms with E-state index in [4.69, 9.17) is 4.74 Å². The maximum atomic E-state index is 5.45. The van der Waals surface area contributed by atoms with Crippen molar-refractivity contribution in [3.63, 3.8) is 0 Å². The van der Waals surface area contributed by atoms with Gasteiger partial charge in [0.1, 0.15) is 5.75 Å². The van der Waals surface area contributed by atoms with E-state index >= 15 is 0 Å². The van der Waals surface area contributed by atoms with E-state index in [-0.39, 0.29) is 0 Å². The fourth-order valence-corrected chi connectivity index (χ4v) is 2.42. The number of hydrogen-bond acceptors (Lipinski definition) is 2. The molecule has 0 aliphatic carbocycles. The Bertz CT molecular complexity index is 341. The van der Waals surface area contributed by atoms with Crippen LogP contribution in [0.25, 0.3) is 0 Å². The lowest BCUT2D eigenvalue weighted by Gasteiger charge is -2.19. The van der Waals surface area contributed by atoms with Crippen LogP contribution in [-0.2, 0) is 0 Å². The Morgan fingerprint density at radius 3 is 2.94 bits per heavy atom. The van der Waals surface area contributed by atoms with Crippen molar-refractivity contribution in [2.24, 2.45) is 0 Å². The zero-order chi connectivity index (χ0) is 11.4. The van der Waals surface area contributed by atoms with Crippen LogP contribution >= 0.6 is 0 Å². The molecule has 1 aromatic rings. The monoisotopic (exact) mass is 219 g/mol. The van der Waals surface area contributed by atoms with Crippen LogP contribution in [0.2, 0.25) is 0 Å². The van der Waals surface area contributed by atoms with E-state index in [1.165, 1.54) is 36.8 Å². The minimum Gasteiger partial charge on any atom is -0.496 e. The third kappa shape index (κ3) is 2.56. The lowest BCUT2D eigenvalue weighted by Crippen LogP contribution is -2.20. The molecule has 0 aromatic heterocycles. The van der Waals surface area contributed by atoms with Crippen LogP contribution in [-0.4, -0.2) is 13.7 Å². The molecule has 1 saturated heterocycles. The van der Waals surface area contributed by atoms with Crippen LogP contribution in [0, 0.1) is 6.92 Å². The summed E-state index contributed by atoms with van der Waals surface area (Å²) in [5, 5.41) is 3.62. The van der Waals surface area contributed by atoms with E-state index in [2.05, 4.69) is 30.4 Å². The summed E-state index contributed by atoms with van der Waals surface area (Å²) in [6.45, 7) is 3.27. The number of benzene rings is 1. The molecule has 2 heteroatoms. The van der Waals surface area contributed by atoms with E-state index in [0.29, 0.717) is 6.04 Å². The summed E-state index contributed by atoms with van der Waals surface area (Å²) in [5.74, 6) is 1.02. The van der Waals surface area contributed by atoms with Crippen molar-refractivity contribution < 1.29 is 4.74 Å². The third-order valence-electron chi connectivity index (χ3n) is 3.32. The van der Waals surface area contributed by atoms with Crippen molar-refractivity contribution in [1.82, 2.24) is 5.32 Å². The Morgan fingerprint density at radius 1 is 1.25 bits per heavy atom. The first-order valence-corrected chi connectivity index (χ1v) is 6.19. The summed E-state index contributed by atoms with van der Waals surface area (Å²) in [6, 6.07) is 6.91. The molecular weight excluding hydrogens is 198 g/mol. The molecule has 1 atom stereocenters. The highest BCUT2D eigenvalue weighted by Crippen LogP contribution is 2.30. The number of rotatable bonds is 2. The minimum atomic E-state index is 0.470. The minimum absolute atomic E-state index is 0.470. The maximum Gasteiger partial charge on any atom is 0.123 e. The Morgan fingerprint density at radius 2 is 2.12 bits per heavy atom. The second kappa shape index (κ2) is 5.35. The lowest BCUT2D eigenvalue weighted by molar-refractivity contribution is 0.397. The maximum absolute atomic E-state index is 5.45. The van der Waals surface area contributed by atoms with E-state index in [9.17, 15) is 0 Å². The van der Waals surface area contributed by atoms with Gasteiger partial charge in [0.05, 0.1) is 7.11 Å². The van der Waals surface area contributed by atoms with Crippen molar-refractivity contribution >= 4 is 0 Å².